The fourth-order valence-corrected chi connectivity index (χ4v) is 4.69. The summed E-state index contributed by atoms with van der Waals surface area (Å²) in [5, 5.41) is 3.45. The smallest absolute Gasteiger partial charge is 0.152 e. The molecular weight excluding hydrogens is 250 g/mol. The molecule has 0 amide bonds. The number of fused-ring (bicyclic) bond motifs is 1. The van der Waals surface area contributed by atoms with Crippen LogP contribution in [0, 0.1) is 0 Å². The van der Waals surface area contributed by atoms with E-state index < -0.39 is 9.84 Å². The minimum atomic E-state index is -2.74. The van der Waals surface area contributed by atoms with Crippen LogP contribution < -0.4 is 5.32 Å². The predicted molar refractivity (Wildman–Crippen MR) is 71.5 cm³/mol. The fourth-order valence-electron chi connectivity index (χ4n) is 3.46. The summed E-state index contributed by atoms with van der Waals surface area (Å²) in [6, 6.07) is 1.29. The van der Waals surface area contributed by atoms with Gasteiger partial charge in [-0.2, -0.15) is 0 Å². The summed E-state index contributed by atoms with van der Waals surface area (Å²) >= 11 is 0. The van der Waals surface area contributed by atoms with E-state index in [1.165, 1.54) is 12.8 Å². The van der Waals surface area contributed by atoms with Gasteiger partial charge in [-0.05, 0) is 12.8 Å². The minimum Gasteiger partial charge on any atom is -0.314 e. The van der Waals surface area contributed by atoms with Crippen LogP contribution in [0.25, 0.3) is 0 Å². The summed E-state index contributed by atoms with van der Waals surface area (Å²) < 4.78 is 22.9. The molecule has 104 valence electrons. The molecule has 0 radical (unpaired) electrons. The Labute approximate surface area is 109 Å². The van der Waals surface area contributed by atoms with E-state index in [4.69, 9.17) is 0 Å². The van der Waals surface area contributed by atoms with Crippen molar-refractivity contribution in [1.29, 1.82) is 0 Å². The summed E-state index contributed by atoms with van der Waals surface area (Å²) in [6.07, 6.45) is 2.48. The van der Waals surface area contributed by atoms with Crippen LogP contribution in [0.2, 0.25) is 0 Å². The van der Waals surface area contributed by atoms with Gasteiger partial charge in [0.15, 0.2) is 9.84 Å². The van der Waals surface area contributed by atoms with Crippen LogP contribution in [0.1, 0.15) is 12.8 Å². The van der Waals surface area contributed by atoms with E-state index in [9.17, 15) is 8.42 Å². The highest BCUT2D eigenvalue weighted by Gasteiger charge is 2.34. The van der Waals surface area contributed by atoms with E-state index in [1.54, 1.807) is 0 Å². The van der Waals surface area contributed by atoms with E-state index >= 15 is 0 Å². The Morgan fingerprint density at radius 1 is 0.944 bits per heavy atom. The molecular formula is C12H23N3O2S. The van der Waals surface area contributed by atoms with Crippen LogP contribution >= 0.6 is 0 Å². The van der Waals surface area contributed by atoms with Crippen molar-refractivity contribution >= 4 is 9.84 Å². The average Bonchev–Trinajstić information content (AvgIpc) is 2.38. The summed E-state index contributed by atoms with van der Waals surface area (Å²) in [7, 11) is -2.74. The molecule has 0 bridgehead atoms. The molecule has 3 aliphatic rings. The predicted octanol–water partition coefficient (Wildman–Crippen LogP) is -0.847. The molecule has 2 atom stereocenters. The number of rotatable bonds is 1. The summed E-state index contributed by atoms with van der Waals surface area (Å²) in [4.78, 5) is 4.99. The Bertz CT molecular complexity index is 384. The lowest BCUT2D eigenvalue weighted by Crippen LogP contribution is -2.60. The minimum absolute atomic E-state index is 0.356. The van der Waals surface area contributed by atoms with Crippen LogP contribution in [0.4, 0.5) is 0 Å². The molecule has 5 nitrogen and oxygen atoms in total. The van der Waals surface area contributed by atoms with Gasteiger partial charge < -0.3 is 5.32 Å². The van der Waals surface area contributed by atoms with E-state index in [2.05, 4.69) is 15.1 Å². The molecule has 18 heavy (non-hydrogen) atoms. The van der Waals surface area contributed by atoms with Gasteiger partial charge in [-0.15, -0.1) is 0 Å². The van der Waals surface area contributed by atoms with Crippen molar-refractivity contribution in [3.05, 3.63) is 0 Å². The quantitative estimate of drug-likeness (QED) is 0.675. The van der Waals surface area contributed by atoms with E-state index in [-0.39, 0.29) is 0 Å². The Morgan fingerprint density at radius 3 is 2.44 bits per heavy atom. The first kappa shape index (κ1) is 12.8. The molecule has 3 rings (SSSR count). The maximum Gasteiger partial charge on any atom is 0.152 e. The first-order valence-corrected chi connectivity index (χ1v) is 8.85. The number of hydrogen-bond donors (Lipinski definition) is 1. The first-order chi connectivity index (χ1) is 8.64. The molecule has 3 heterocycles. The molecule has 1 N–H and O–H groups in total. The highest BCUT2D eigenvalue weighted by Crippen LogP contribution is 2.23. The summed E-state index contributed by atoms with van der Waals surface area (Å²) in [5.41, 5.74) is 0. The highest BCUT2D eigenvalue weighted by molar-refractivity contribution is 7.91. The van der Waals surface area contributed by atoms with Crippen molar-refractivity contribution < 1.29 is 8.42 Å². The Morgan fingerprint density at radius 2 is 1.67 bits per heavy atom. The zero-order valence-electron chi connectivity index (χ0n) is 10.8. The SMILES string of the molecule is O=S1(=O)CCN(C2CC[C@H]3CNCCN3C2)CC1. The van der Waals surface area contributed by atoms with Gasteiger partial charge in [0.05, 0.1) is 11.5 Å². The number of hydrogen-bond acceptors (Lipinski definition) is 5. The number of nitrogens with zero attached hydrogens (tertiary/aromatic N) is 2. The normalized spacial score (nSPS) is 38.2. The van der Waals surface area contributed by atoms with Crippen LogP contribution in [-0.4, -0.2) is 81.1 Å². The standard InChI is InChI=1S/C12H23N3O2S/c16-18(17)7-5-14(6-8-18)12-2-1-11-9-13-3-4-15(11)10-12/h11-13H,1-10H2/t11-,12?/m0/s1. The molecule has 0 aromatic rings. The third-order valence-corrected chi connectivity index (χ3v) is 6.26. The second-order valence-electron chi connectivity index (χ2n) is 5.77. The first-order valence-electron chi connectivity index (χ1n) is 7.03. The Hall–Kier alpha value is -0.170. The number of piperidine rings is 1. The molecule has 3 fully saturated rings. The van der Waals surface area contributed by atoms with E-state index in [1.807, 2.05) is 0 Å². The third kappa shape index (κ3) is 2.71. The van der Waals surface area contributed by atoms with Crippen molar-refractivity contribution in [2.75, 3.05) is 50.8 Å². The number of piperazine rings is 1. The van der Waals surface area contributed by atoms with Gasteiger partial charge >= 0.3 is 0 Å². The Balaban J connectivity index is 1.58. The van der Waals surface area contributed by atoms with Gasteiger partial charge in [-0.3, -0.25) is 9.80 Å². The van der Waals surface area contributed by atoms with Crippen LogP contribution in [0.15, 0.2) is 0 Å². The van der Waals surface area contributed by atoms with Gasteiger partial charge in [0.25, 0.3) is 0 Å². The molecule has 0 aliphatic carbocycles. The molecule has 3 saturated heterocycles. The lowest BCUT2D eigenvalue weighted by atomic mass is 9.95. The molecule has 6 heteroatoms. The zero-order chi connectivity index (χ0) is 12.6. The molecule has 0 aromatic heterocycles. The fraction of sp³-hybridized carbons (Fsp3) is 1.00. The monoisotopic (exact) mass is 273 g/mol. The topological polar surface area (TPSA) is 52.7 Å². The van der Waals surface area contributed by atoms with Crippen molar-refractivity contribution in [3.63, 3.8) is 0 Å². The van der Waals surface area contributed by atoms with Gasteiger partial charge in [0.2, 0.25) is 0 Å². The maximum absolute atomic E-state index is 11.5. The van der Waals surface area contributed by atoms with E-state index in [0.29, 0.717) is 23.6 Å². The largest absolute Gasteiger partial charge is 0.314 e. The zero-order valence-corrected chi connectivity index (χ0v) is 11.7. The summed E-state index contributed by atoms with van der Waals surface area (Å²) in [6.45, 7) is 5.98. The third-order valence-electron chi connectivity index (χ3n) is 4.65. The maximum atomic E-state index is 11.5. The molecule has 0 spiro atoms. The number of sulfone groups is 1. The number of nitrogens with one attached hydrogen (secondary N) is 1. The van der Waals surface area contributed by atoms with Gasteiger partial charge in [0.1, 0.15) is 0 Å². The van der Waals surface area contributed by atoms with E-state index in [0.717, 1.165) is 39.3 Å². The van der Waals surface area contributed by atoms with Gasteiger partial charge in [0, 0.05) is 51.4 Å². The van der Waals surface area contributed by atoms with Crippen LogP contribution in [-0.2, 0) is 9.84 Å². The lowest BCUT2D eigenvalue weighted by molar-refractivity contribution is 0.0498. The van der Waals surface area contributed by atoms with Crippen molar-refractivity contribution in [2.24, 2.45) is 0 Å². The average molecular weight is 273 g/mol. The molecule has 0 saturated carbocycles. The Kier molecular flexibility index (Phi) is 3.62. The van der Waals surface area contributed by atoms with Crippen molar-refractivity contribution in [1.82, 2.24) is 15.1 Å². The second kappa shape index (κ2) is 5.07. The molecule has 0 aromatic carbocycles. The highest BCUT2D eigenvalue weighted by atomic mass is 32.2. The molecule has 1 unspecified atom stereocenters. The summed E-state index contributed by atoms with van der Waals surface area (Å²) in [5.74, 6) is 0.711. The van der Waals surface area contributed by atoms with Crippen molar-refractivity contribution in [2.45, 2.75) is 24.9 Å². The van der Waals surface area contributed by atoms with Crippen molar-refractivity contribution in [3.8, 4) is 0 Å². The molecule has 3 aliphatic heterocycles. The second-order valence-corrected chi connectivity index (χ2v) is 8.08. The van der Waals surface area contributed by atoms with Gasteiger partial charge in [-0.25, -0.2) is 8.42 Å². The van der Waals surface area contributed by atoms with Gasteiger partial charge in [-0.1, -0.05) is 0 Å². The lowest BCUT2D eigenvalue weighted by Gasteiger charge is -2.46. The van der Waals surface area contributed by atoms with Crippen LogP contribution in [0.5, 0.6) is 0 Å². The van der Waals surface area contributed by atoms with Crippen LogP contribution in [0.3, 0.4) is 0 Å².